The third-order valence-electron chi connectivity index (χ3n) is 8.89. The second-order valence-corrected chi connectivity index (χ2v) is 12.2. The number of likely N-dealkylation sites (tertiary alicyclic amines) is 1. The number of unbranched alkanes of at least 4 members (excludes halogenated alkanes) is 2. The van der Waals surface area contributed by atoms with Crippen molar-refractivity contribution in [2.75, 3.05) is 44.7 Å². The average molecular weight is 610 g/mol. The highest BCUT2D eigenvalue weighted by Gasteiger charge is 2.43. The maximum Gasteiger partial charge on any atom is 0.224 e. The van der Waals surface area contributed by atoms with Gasteiger partial charge in [0.2, 0.25) is 11.8 Å². The zero-order chi connectivity index (χ0) is 30.9. The Labute approximate surface area is 260 Å². The van der Waals surface area contributed by atoms with E-state index in [4.69, 9.17) is 18.9 Å². The first-order chi connectivity index (χ1) is 21.3. The summed E-state index contributed by atoms with van der Waals surface area (Å²) in [6, 6.07) is 15.6. The molecule has 3 aliphatic heterocycles. The Hall–Kier alpha value is -2.86. The van der Waals surface area contributed by atoms with E-state index in [0.29, 0.717) is 31.9 Å². The van der Waals surface area contributed by atoms with Crippen LogP contribution in [0.5, 0.6) is 0 Å². The Bertz CT molecular complexity index is 1220. The van der Waals surface area contributed by atoms with E-state index in [1.54, 1.807) is 0 Å². The van der Waals surface area contributed by atoms with Crippen LogP contribution in [0.15, 0.2) is 48.5 Å². The molecule has 0 saturated carbocycles. The molecule has 0 aliphatic carbocycles. The summed E-state index contributed by atoms with van der Waals surface area (Å²) in [5.74, 6) is -0.419. The third kappa shape index (κ3) is 8.65. The van der Waals surface area contributed by atoms with Crippen molar-refractivity contribution in [3.05, 3.63) is 65.2 Å². The molecule has 10 heteroatoms. The van der Waals surface area contributed by atoms with Crippen LogP contribution in [0.3, 0.4) is 0 Å². The van der Waals surface area contributed by atoms with Crippen LogP contribution in [-0.4, -0.2) is 73.1 Å². The highest BCUT2D eigenvalue weighted by atomic mass is 16.7. The molecule has 3 saturated heterocycles. The van der Waals surface area contributed by atoms with Crippen molar-refractivity contribution in [3.63, 3.8) is 0 Å². The monoisotopic (exact) mass is 609 g/mol. The van der Waals surface area contributed by atoms with Gasteiger partial charge in [0.25, 0.3) is 0 Å². The summed E-state index contributed by atoms with van der Waals surface area (Å²) in [5.41, 5.74) is 3.45. The van der Waals surface area contributed by atoms with Crippen molar-refractivity contribution in [1.82, 2.24) is 10.2 Å². The van der Waals surface area contributed by atoms with Gasteiger partial charge in [0.15, 0.2) is 12.1 Å². The minimum Gasteiger partial charge on any atom is -0.392 e. The van der Waals surface area contributed by atoms with Gasteiger partial charge >= 0.3 is 0 Å². The van der Waals surface area contributed by atoms with Gasteiger partial charge in [-0.2, -0.15) is 0 Å². The first-order valence-electron chi connectivity index (χ1n) is 16.0. The first-order valence-corrected chi connectivity index (χ1v) is 16.0. The molecule has 0 radical (unpaired) electrons. The molecule has 5 rings (SSSR count). The van der Waals surface area contributed by atoms with Gasteiger partial charge in [-0.25, -0.2) is 0 Å². The zero-order valence-corrected chi connectivity index (χ0v) is 26.0. The Morgan fingerprint density at radius 2 is 1.73 bits per heavy atom. The minimum absolute atomic E-state index is 0.00478. The lowest BCUT2D eigenvalue weighted by atomic mass is 9.89. The van der Waals surface area contributed by atoms with Crippen LogP contribution in [-0.2, 0) is 35.1 Å². The molecule has 1 spiro atoms. The number of nitrogens with one attached hydrogen (secondary N) is 2. The fraction of sp³-hybridized carbons (Fsp3) is 0.588. The van der Waals surface area contributed by atoms with E-state index < -0.39 is 12.1 Å². The number of piperidine rings is 1. The number of hydrogen-bond acceptors (Lipinski definition) is 8. The number of anilines is 1. The summed E-state index contributed by atoms with van der Waals surface area (Å²) in [4.78, 5) is 26.1. The number of nitrogens with zero attached hydrogens (tertiary/aromatic N) is 1. The van der Waals surface area contributed by atoms with Gasteiger partial charge in [-0.05, 0) is 36.1 Å². The largest absolute Gasteiger partial charge is 0.392 e. The van der Waals surface area contributed by atoms with Gasteiger partial charge in [-0.1, -0.05) is 49.7 Å². The molecule has 2 aromatic carbocycles. The molecule has 4 unspecified atom stereocenters. The van der Waals surface area contributed by atoms with E-state index in [-0.39, 0.29) is 36.5 Å². The Morgan fingerprint density at radius 1 is 0.977 bits per heavy atom. The van der Waals surface area contributed by atoms with E-state index in [9.17, 15) is 14.7 Å². The van der Waals surface area contributed by atoms with Crippen LogP contribution in [0.25, 0.3) is 0 Å². The Kier molecular flexibility index (Phi) is 11.4. The molecule has 2 amide bonds. The second kappa shape index (κ2) is 15.4. The number of ether oxygens (including phenoxy) is 4. The van der Waals surface area contributed by atoms with Crippen LogP contribution in [0, 0.1) is 5.92 Å². The lowest BCUT2D eigenvalue weighted by Crippen LogP contribution is -2.50. The van der Waals surface area contributed by atoms with Crippen LogP contribution in [0.4, 0.5) is 5.69 Å². The molecule has 3 fully saturated rings. The van der Waals surface area contributed by atoms with Gasteiger partial charge in [0.05, 0.1) is 32.0 Å². The number of aliphatic hydroxyl groups excluding tert-OH is 1. The van der Waals surface area contributed by atoms with E-state index in [1.165, 1.54) is 6.92 Å². The minimum atomic E-state index is -0.609. The quantitative estimate of drug-likeness (QED) is 0.302. The van der Waals surface area contributed by atoms with E-state index in [0.717, 1.165) is 68.4 Å². The molecule has 3 heterocycles. The van der Waals surface area contributed by atoms with Crippen molar-refractivity contribution in [2.24, 2.45) is 5.92 Å². The highest BCUT2D eigenvalue weighted by molar-refractivity contribution is 5.90. The van der Waals surface area contributed by atoms with Gasteiger partial charge < -0.3 is 39.6 Å². The molecule has 0 aromatic heterocycles. The number of hydrogen-bond donors (Lipinski definition) is 3. The first kappa shape index (κ1) is 32.5. The molecule has 4 atom stereocenters. The number of rotatable bonds is 12. The predicted molar refractivity (Wildman–Crippen MR) is 166 cm³/mol. The zero-order valence-electron chi connectivity index (χ0n) is 26.0. The lowest BCUT2D eigenvalue weighted by molar-refractivity contribution is -0.278. The fourth-order valence-corrected chi connectivity index (χ4v) is 6.28. The molecule has 240 valence electrons. The summed E-state index contributed by atoms with van der Waals surface area (Å²) in [6.45, 7) is 8.16. The van der Waals surface area contributed by atoms with Crippen molar-refractivity contribution >= 4 is 17.5 Å². The standard InChI is InChI=1S/C34H47N3O7/c1-24-30(22-37-17-14-34(15-18-37)41-19-20-42-34)43-33(44-32(24)27-12-10-26(23-38)11-13-27)28-7-6-8-29(21-28)36-31(40)9-4-3-5-16-35-25(2)39/h6-8,10-13,21,24,30,32-33,38H,3-5,9,14-20,22-23H2,1-2H3,(H,35,39)(H,36,40). The van der Waals surface area contributed by atoms with E-state index in [1.807, 2.05) is 48.5 Å². The third-order valence-corrected chi connectivity index (χ3v) is 8.89. The molecular weight excluding hydrogens is 562 g/mol. The molecule has 3 aliphatic rings. The molecular formula is C34H47N3O7. The van der Waals surface area contributed by atoms with Gasteiger partial charge in [-0.15, -0.1) is 0 Å². The second-order valence-electron chi connectivity index (χ2n) is 12.2. The topological polar surface area (TPSA) is 119 Å². The maximum atomic E-state index is 12.7. The lowest BCUT2D eigenvalue weighted by Gasteiger charge is -2.44. The molecule has 2 aromatic rings. The predicted octanol–water partition coefficient (Wildman–Crippen LogP) is 4.44. The summed E-state index contributed by atoms with van der Waals surface area (Å²) in [7, 11) is 0. The number of carbonyl (C=O) groups excluding carboxylic acids is 2. The van der Waals surface area contributed by atoms with Gasteiger partial charge in [0.1, 0.15) is 0 Å². The van der Waals surface area contributed by atoms with Crippen molar-refractivity contribution in [2.45, 2.75) is 83.3 Å². The van der Waals surface area contributed by atoms with Gasteiger partial charge in [0, 0.05) is 69.5 Å². The molecule has 10 nitrogen and oxygen atoms in total. The van der Waals surface area contributed by atoms with E-state index >= 15 is 0 Å². The van der Waals surface area contributed by atoms with Crippen LogP contribution in [0.1, 0.15) is 81.5 Å². The number of carbonyl (C=O) groups is 2. The Balaban J connectivity index is 1.24. The average Bonchev–Trinajstić information content (AvgIpc) is 3.49. The molecule has 0 bridgehead atoms. The smallest absolute Gasteiger partial charge is 0.224 e. The number of benzene rings is 2. The summed E-state index contributed by atoms with van der Waals surface area (Å²) in [5, 5.41) is 15.4. The Morgan fingerprint density at radius 3 is 2.43 bits per heavy atom. The van der Waals surface area contributed by atoms with Crippen molar-refractivity contribution < 1.29 is 33.6 Å². The highest BCUT2D eigenvalue weighted by Crippen LogP contribution is 2.42. The SMILES string of the molecule is CC(=O)NCCCCCC(=O)Nc1cccc(C2OC(CN3CCC4(CC3)OCCO4)C(C)C(c3ccc(CO)cc3)O2)c1. The summed E-state index contributed by atoms with van der Waals surface area (Å²) in [6.07, 6.45) is 3.67. The van der Waals surface area contributed by atoms with Crippen molar-refractivity contribution in [1.29, 1.82) is 0 Å². The van der Waals surface area contributed by atoms with Crippen LogP contribution < -0.4 is 10.6 Å². The number of aliphatic hydroxyl groups is 1. The molecule has 44 heavy (non-hydrogen) atoms. The van der Waals surface area contributed by atoms with Crippen molar-refractivity contribution in [3.8, 4) is 0 Å². The normalized spacial score (nSPS) is 25.2. The summed E-state index contributed by atoms with van der Waals surface area (Å²) < 4.78 is 25.2. The molecule has 3 N–H and O–H groups in total. The van der Waals surface area contributed by atoms with Crippen LogP contribution >= 0.6 is 0 Å². The van der Waals surface area contributed by atoms with E-state index in [2.05, 4.69) is 22.5 Å². The number of amides is 2. The fourth-order valence-electron chi connectivity index (χ4n) is 6.28. The summed E-state index contributed by atoms with van der Waals surface area (Å²) >= 11 is 0. The van der Waals surface area contributed by atoms with Gasteiger partial charge in [-0.3, -0.25) is 9.59 Å². The van der Waals surface area contributed by atoms with Crippen LogP contribution in [0.2, 0.25) is 0 Å². The maximum absolute atomic E-state index is 12.7.